The minimum absolute atomic E-state index is 0.0309. The highest BCUT2D eigenvalue weighted by molar-refractivity contribution is 5.74. The van der Waals surface area contributed by atoms with Gasteiger partial charge in [0.2, 0.25) is 5.91 Å². The third-order valence-electron chi connectivity index (χ3n) is 2.81. The van der Waals surface area contributed by atoms with Gasteiger partial charge in [-0.2, -0.15) is 0 Å². The van der Waals surface area contributed by atoms with Crippen LogP contribution in [0.2, 0.25) is 0 Å². The number of amides is 1. The second kappa shape index (κ2) is 3.57. The van der Waals surface area contributed by atoms with Gasteiger partial charge in [0, 0.05) is 6.92 Å². The van der Waals surface area contributed by atoms with Gasteiger partial charge in [-0.1, -0.05) is 12.1 Å². The first kappa shape index (κ1) is 10.0. The number of methoxy groups -OCH3 is 1. The molecule has 3 heteroatoms. The third kappa shape index (κ3) is 1.96. The molecule has 0 saturated heterocycles. The summed E-state index contributed by atoms with van der Waals surface area (Å²) in [5.74, 6) is 0.876. The SMILES string of the molecule is COc1ccc(C2(NC(C)=O)CC2)cc1. The van der Waals surface area contributed by atoms with E-state index in [1.807, 2.05) is 24.3 Å². The lowest BCUT2D eigenvalue weighted by Crippen LogP contribution is -2.32. The molecule has 0 aromatic heterocycles. The highest BCUT2D eigenvalue weighted by Crippen LogP contribution is 2.45. The molecular formula is C12H15NO2. The Balaban J connectivity index is 2.18. The number of rotatable bonds is 3. The van der Waals surface area contributed by atoms with Crippen LogP contribution < -0.4 is 10.1 Å². The lowest BCUT2D eigenvalue weighted by molar-refractivity contribution is -0.120. The van der Waals surface area contributed by atoms with Gasteiger partial charge in [-0.15, -0.1) is 0 Å². The molecule has 0 heterocycles. The Hall–Kier alpha value is -1.51. The zero-order chi connectivity index (χ0) is 10.9. The molecule has 1 saturated carbocycles. The Bertz CT molecular complexity index is 366. The van der Waals surface area contributed by atoms with Gasteiger partial charge in [-0.25, -0.2) is 0 Å². The average Bonchev–Trinajstić information content (AvgIpc) is 2.98. The van der Waals surface area contributed by atoms with Crippen molar-refractivity contribution in [3.8, 4) is 5.75 Å². The molecule has 0 aliphatic heterocycles. The number of carbonyl (C=O) groups excluding carboxylic acids is 1. The molecule has 1 aromatic rings. The number of nitrogens with one attached hydrogen (secondary N) is 1. The van der Waals surface area contributed by atoms with Crippen molar-refractivity contribution >= 4 is 5.91 Å². The Morgan fingerprint density at radius 3 is 2.33 bits per heavy atom. The summed E-state index contributed by atoms with van der Waals surface area (Å²) in [6.45, 7) is 1.56. The molecule has 0 radical (unpaired) electrons. The quantitative estimate of drug-likeness (QED) is 0.817. The molecule has 0 spiro atoms. The number of hydrogen-bond acceptors (Lipinski definition) is 2. The van der Waals surface area contributed by atoms with Crippen LogP contribution in [0.1, 0.15) is 25.3 Å². The fourth-order valence-corrected chi connectivity index (χ4v) is 1.86. The monoisotopic (exact) mass is 205 g/mol. The van der Waals surface area contributed by atoms with Gasteiger partial charge in [0.25, 0.3) is 0 Å². The predicted molar refractivity (Wildman–Crippen MR) is 57.7 cm³/mol. The zero-order valence-electron chi connectivity index (χ0n) is 9.04. The number of ether oxygens (including phenoxy) is 1. The smallest absolute Gasteiger partial charge is 0.217 e. The van der Waals surface area contributed by atoms with Gasteiger partial charge in [0.15, 0.2) is 0 Å². The van der Waals surface area contributed by atoms with E-state index in [9.17, 15) is 4.79 Å². The molecule has 15 heavy (non-hydrogen) atoms. The Morgan fingerprint density at radius 1 is 1.33 bits per heavy atom. The minimum Gasteiger partial charge on any atom is -0.497 e. The standard InChI is InChI=1S/C12H15NO2/c1-9(14)13-12(7-8-12)10-3-5-11(15-2)6-4-10/h3-6H,7-8H2,1-2H3,(H,13,14). The van der Waals surface area contributed by atoms with Crippen molar-refractivity contribution in [3.63, 3.8) is 0 Å². The van der Waals surface area contributed by atoms with Gasteiger partial charge in [0.1, 0.15) is 5.75 Å². The van der Waals surface area contributed by atoms with Gasteiger partial charge in [-0.3, -0.25) is 4.79 Å². The first-order chi connectivity index (χ1) is 7.16. The molecule has 1 aliphatic carbocycles. The molecule has 3 nitrogen and oxygen atoms in total. The van der Waals surface area contributed by atoms with Crippen molar-refractivity contribution < 1.29 is 9.53 Å². The summed E-state index contributed by atoms with van der Waals surface area (Å²) in [6, 6.07) is 7.89. The van der Waals surface area contributed by atoms with E-state index in [4.69, 9.17) is 4.74 Å². The first-order valence-corrected chi connectivity index (χ1v) is 5.09. The number of benzene rings is 1. The molecule has 80 valence electrons. The van der Waals surface area contributed by atoms with Crippen LogP contribution in [0.4, 0.5) is 0 Å². The van der Waals surface area contributed by atoms with Crippen molar-refractivity contribution in [2.24, 2.45) is 0 Å². The van der Waals surface area contributed by atoms with Crippen LogP contribution in [0.5, 0.6) is 5.75 Å². The van der Waals surface area contributed by atoms with Gasteiger partial charge < -0.3 is 10.1 Å². The van der Waals surface area contributed by atoms with Crippen LogP contribution in [0.15, 0.2) is 24.3 Å². The second-order valence-electron chi connectivity index (χ2n) is 3.99. The van der Waals surface area contributed by atoms with Crippen molar-refractivity contribution in [2.45, 2.75) is 25.3 Å². The molecule has 1 amide bonds. The second-order valence-corrected chi connectivity index (χ2v) is 3.99. The average molecular weight is 205 g/mol. The van der Waals surface area contributed by atoms with Crippen LogP contribution in [0.3, 0.4) is 0 Å². The van der Waals surface area contributed by atoms with Crippen molar-refractivity contribution in [1.29, 1.82) is 0 Å². The van der Waals surface area contributed by atoms with E-state index in [-0.39, 0.29) is 11.4 Å². The molecule has 1 N–H and O–H groups in total. The normalized spacial score (nSPS) is 16.9. The van der Waals surface area contributed by atoms with Gasteiger partial charge >= 0.3 is 0 Å². The summed E-state index contributed by atoms with van der Waals surface area (Å²) >= 11 is 0. The van der Waals surface area contributed by atoms with E-state index < -0.39 is 0 Å². The third-order valence-corrected chi connectivity index (χ3v) is 2.81. The van der Waals surface area contributed by atoms with E-state index in [1.165, 1.54) is 5.56 Å². The lowest BCUT2D eigenvalue weighted by Gasteiger charge is -2.16. The van der Waals surface area contributed by atoms with Crippen LogP contribution in [0, 0.1) is 0 Å². The molecular weight excluding hydrogens is 190 g/mol. The minimum atomic E-state index is -0.0991. The Labute approximate surface area is 89.4 Å². The maximum absolute atomic E-state index is 11.1. The van der Waals surface area contributed by atoms with E-state index in [0.29, 0.717) is 0 Å². The highest BCUT2D eigenvalue weighted by Gasteiger charge is 2.44. The molecule has 1 aromatic carbocycles. The summed E-state index contributed by atoms with van der Waals surface area (Å²) in [5, 5.41) is 3.00. The highest BCUT2D eigenvalue weighted by atomic mass is 16.5. The maximum atomic E-state index is 11.1. The van der Waals surface area contributed by atoms with Crippen LogP contribution in [-0.4, -0.2) is 13.0 Å². The maximum Gasteiger partial charge on any atom is 0.217 e. The first-order valence-electron chi connectivity index (χ1n) is 5.09. The van der Waals surface area contributed by atoms with Crippen LogP contribution in [-0.2, 0) is 10.3 Å². The van der Waals surface area contributed by atoms with E-state index in [1.54, 1.807) is 14.0 Å². The predicted octanol–water partition coefficient (Wildman–Crippen LogP) is 1.82. The molecule has 1 aliphatic rings. The summed E-state index contributed by atoms with van der Waals surface area (Å²) in [4.78, 5) is 11.1. The van der Waals surface area contributed by atoms with E-state index in [0.717, 1.165) is 18.6 Å². The topological polar surface area (TPSA) is 38.3 Å². The van der Waals surface area contributed by atoms with Gasteiger partial charge in [-0.05, 0) is 30.5 Å². The molecule has 0 atom stereocenters. The van der Waals surface area contributed by atoms with E-state index in [2.05, 4.69) is 5.32 Å². The number of carbonyl (C=O) groups is 1. The van der Waals surface area contributed by atoms with Gasteiger partial charge in [0.05, 0.1) is 12.6 Å². The van der Waals surface area contributed by atoms with Crippen molar-refractivity contribution in [3.05, 3.63) is 29.8 Å². The van der Waals surface area contributed by atoms with E-state index >= 15 is 0 Å². The number of hydrogen-bond donors (Lipinski definition) is 1. The molecule has 1 fully saturated rings. The summed E-state index contributed by atoms with van der Waals surface area (Å²) in [6.07, 6.45) is 2.05. The van der Waals surface area contributed by atoms with Crippen molar-refractivity contribution in [1.82, 2.24) is 5.32 Å². The molecule has 0 bridgehead atoms. The molecule has 0 unspecified atom stereocenters. The van der Waals surface area contributed by atoms with Crippen LogP contribution in [0.25, 0.3) is 0 Å². The summed E-state index contributed by atoms with van der Waals surface area (Å²) < 4.78 is 5.10. The van der Waals surface area contributed by atoms with Crippen LogP contribution >= 0.6 is 0 Å². The van der Waals surface area contributed by atoms with Crippen molar-refractivity contribution in [2.75, 3.05) is 7.11 Å². The summed E-state index contributed by atoms with van der Waals surface area (Å²) in [7, 11) is 1.65. The zero-order valence-corrected chi connectivity index (χ0v) is 9.04. The Kier molecular flexibility index (Phi) is 2.39. The lowest BCUT2D eigenvalue weighted by atomic mass is 10.0. The summed E-state index contributed by atoms with van der Waals surface area (Å²) in [5.41, 5.74) is 1.07. The fourth-order valence-electron chi connectivity index (χ4n) is 1.86. The largest absolute Gasteiger partial charge is 0.497 e. The molecule has 2 rings (SSSR count). The Morgan fingerprint density at radius 2 is 1.93 bits per heavy atom. The fraction of sp³-hybridized carbons (Fsp3) is 0.417.